The molecule has 0 bridgehead atoms. The molecule has 0 spiro atoms. The highest BCUT2D eigenvalue weighted by molar-refractivity contribution is 7.15. The van der Waals surface area contributed by atoms with Crippen molar-refractivity contribution in [2.45, 2.75) is 66.2 Å². The first-order chi connectivity index (χ1) is 15.4. The number of benzene rings is 1. The van der Waals surface area contributed by atoms with Gasteiger partial charge in [0.05, 0.1) is 12.2 Å². The molecule has 0 radical (unpaired) electrons. The fraction of sp³-hybridized carbons (Fsp3) is 0.500. The lowest BCUT2D eigenvalue weighted by Crippen LogP contribution is -2.47. The number of nitrogens with zero attached hydrogens (tertiary/aromatic N) is 2. The van der Waals surface area contributed by atoms with Gasteiger partial charge in [-0.1, -0.05) is 42.9 Å². The number of nitrogens with one attached hydrogen (secondary N) is 2. The van der Waals surface area contributed by atoms with Crippen molar-refractivity contribution < 1.29 is 19.1 Å². The molecule has 0 fully saturated rings. The van der Waals surface area contributed by atoms with Crippen LogP contribution in [0.5, 0.6) is 0 Å². The van der Waals surface area contributed by atoms with E-state index < -0.39 is 11.6 Å². The second-order valence-electron chi connectivity index (χ2n) is 9.59. The number of aryl methyl sites for hydroxylation is 1. The van der Waals surface area contributed by atoms with Crippen LogP contribution in [0.4, 0.5) is 9.93 Å². The van der Waals surface area contributed by atoms with E-state index in [9.17, 15) is 14.4 Å². The van der Waals surface area contributed by atoms with Crippen LogP contribution in [-0.2, 0) is 22.5 Å². The van der Waals surface area contributed by atoms with E-state index in [0.29, 0.717) is 30.2 Å². The fourth-order valence-corrected chi connectivity index (χ4v) is 4.49. The molecule has 3 amide bonds. The van der Waals surface area contributed by atoms with Gasteiger partial charge in [0.1, 0.15) is 11.6 Å². The molecule has 178 valence electrons. The normalized spacial score (nSPS) is 14.5. The lowest BCUT2D eigenvalue weighted by atomic mass is 10.0. The van der Waals surface area contributed by atoms with Gasteiger partial charge in [-0.3, -0.25) is 9.59 Å². The predicted molar refractivity (Wildman–Crippen MR) is 128 cm³/mol. The molecular weight excluding hydrogens is 440 g/mol. The first kappa shape index (κ1) is 24.7. The van der Waals surface area contributed by atoms with Crippen molar-refractivity contribution in [3.63, 3.8) is 0 Å². The smallest absolute Gasteiger partial charge is 0.410 e. The summed E-state index contributed by atoms with van der Waals surface area (Å²) >= 11 is 1.34. The molecule has 0 saturated heterocycles. The Balaban J connectivity index is 1.66. The Bertz CT molecular complexity index is 1040. The number of rotatable bonds is 5. The van der Waals surface area contributed by atoms with Gasteiger partial charge >= 0.3 is 6.09 Å². The van der Waals surface area contributed by atoms with E-state index >= 15 is 0 Å². The number of hydrogen-bond donors (Lipinski definition) is 2. The molecule has 1 atom stereocenters. The Hall–Kier alpha value is -2.94. The molecule has 2 heterocycles. The maximum atomic E-state index is 13.0. The van der Waals surface area contributed by atoms with E-state index in [1.54, 1.807) is 17.0 Å². The zero-order chi connectivity index (χ0) is 24.3. The first-order valence-corrected chi connectivity index (χ1v) is 11.9. The average molecular weight is 473 g/mol. The summed E-state index contributed by atoms with van der Waals surface area (Å²) in [5.74, 6) is -0.726. The third-order valence-electron chi connectivity index (χ3n) is 5.13. The van der Waals surface area contributed by atoms with Gasteiger partial charge in [0.15, 0.2) is 5.13 Å². The van der Waals surface area contributed by atoms with Crippen LogP contribution in [0, 0.1) is 12.8 Å². The van der Waals surface area contributed by atoms with Crippen LogP contribution < -0.4 is 10.6 Å². The molecular formula is C24H32N4O4S. The third kappa shape index (κ3) is 6.54. The highest BCUT2D eigenvalue weighted by Crippen LogP contribution is 2.29. The van der Waals surface area contributed by atoms with Gasteiger partial charge in [-0.05, 0) is 45.7 Å². The Morgan fingerprint density at radius 3 is 2.58 bits per heavy atom. The van der Waals surface area contributed by atoms with Gasteiger partial charge in [0.2, 0.25) is 5.91 Å². The Morgan fingerprint density at radius 1 is 1.21 bits per heavy atom. The van der Waals surface area contributed by atoms with Crippen molar-refractivity contribution in [1.29, 1.82) is 0 Å². The van der Waals surface area contributed by atoms with E-state index in [1.165, 1.54) is 11.3 Å². The summed E-state index contributed by atoms with van der Waals surface area (Å²) in [6, 6.07) is 6.53. The monoisotopic (exact) mass is 472 g/mol. The Labute approximate surface area is 198 Å². The molecule has 2 aromatic rings. The van der Waals surface area contributed by atoms with E-state index in [1.807, 2.05) is 53.7 Å². The molecule has 1 aromatic heterocycles. The molecule has 1 aromatic carbocycles. The van der Waals surface area contributed by atoms with Gasteiger partial charge in [-0.15, -0.1) is 0 Å². The summed E-state index contributed by atoms with van der Waals surface area (Å²) in [6.45, 7) is 12.1. The fourth-order valence-electron chi connectivity index (χ4n) is 3.46. The highest BCUT2D eigenvalue weighted by Gasteiger charge is 2.30. The molecule has 3 rings (SSSR count). The molecule has 2 N–H and O–H groups in total. The van der Waals surface area contributed by atoms with Crippen molar-refractivity contribution >= 4 is 34.4 Å². The van der Waals surface area contributed by atoms with Crippen LogP contribution in [0.15, 0.2) is 24.3 Å². The third-order valence-corrected chi connectivity index (χ3v) is 6.13. The van der Waals surface area contributed by atoms with E-state index in [2.05, 4.69) is 15.6 Å². The van der Waals surface area contributed by atoms with Crippen molar-refractivity contribution in [2.24, 2.45) is 5.92 Å². The average Bonchev–Trinajstić information content (AvgIpc) is 3.11. The SMILES string of the molecule is Cc1cccc(C(=O)NC(C(=O)Nc2nc3c(s2)CN(C(=O)OC(C)(C)C)CC3)C(C)C)c1. The summed E-state index contributed by atoms with van der Waals surface area (Å²) in [7, 11) is 0. The number of amides is 3. The van der Waals surface area contributed by atoms with Gasteiger partial charge in [0, 0.05) is 23.4 Å². The Morgan fingerprint density at radius 2 is 1.94 bits per heavy atom. The van der Waals surface area contributed by atoms with Crippen LogP contribution in [0.25, 0.3) is 0 Å². The number of hydrogen-bond acceptors (Lipinski definition) is 6. The minimum absolute atomic E-state index is 0.115. The number of fused-ring (bicyclic) bond motifs is 1. The van der Waals surface area contributed by atoms with E-state index in [4.69, 9.17) is 4.74 Å². The maximum absolute atomic E-state index is 13.0. The number of thiazole rings is 1. The van der Waals surface area contributed by atoms with Crippen LogP contribution in [0.1, 0.15) is 61.1 Å². The number of aromatic nitrogens is 1. The molecule has 0 aliphatic carbocycles. The molecule has 8 nitrogen and oxygen atoms in total. The lowest BCUT2D eigenvalue weighted by molar-refractivity contribution is -0.118. The van der Waals surface area contributed by atoms with Crippen LogP contribution in [0.3, 0.4) is 0 Å². The van der Waals surface area contributed by atoms with Crippen LogP contribution in [-0.4, -0.2) is 46.0 Å². The van der Waals surface area contributed by atoms with E-state index in [0.717, 1.165) is 16.1 Å². The molecule has 33 heavy (non-hydrogen) atoms. The number of anilines is 1. The number of ether oxygens (including phenoxy) is 1. The predicted octanol–water partition coefficient (Wildman–Crippen LogP) is 4.14. The second-order valence-corrected chi connectivity index (χ2v) is 10.7. The lowest BCUT2D eigenvalue weighted by Gasteiger charge is -2.29. The summed E-state index contributed by atoms with van der Waals surface area (Å²) in [5.41, 5.74) is 1.81. The van der Waals surface area contributed by atoms with E-state index in [-0.39, 0.29) is 23.8 Å². The first-order valence-electron chi connectivity index (χ1n) is 11.1. The minimum Gasteiger partial charge on any atom is -0.444 e. The van der Waals surface area contributed by atoms with Crippen LogP contribution >= 0.6 is 11.3 Å². The molecule has 0 saturated carbocycles. The number of carbonyl (C=O) groups is 3. The molecule has 9 heteroatoms. The second kappa shape index (κ2) is 9.91. The van der Waals surface area contributed by atoms with Crippen molar-refractivity contribution in [2.75, 3.05) is 11.9 Å². The van der Waals surface area contributed by atoms with Crippen molar-refractivity contribution in [3.05, 3.63) is 46.0 Å². The van der Waals surface area contributed by atoms with Crippen molar-refractivity contribution in [3.8, 4) is 0 Å². The quantitative estimate of drug-likeness (QED) is 0.681. The zero-order valence-corrected chi connectivity index (χ0v) is 20.8. The maximum Gasteiger partial charge on any atom is 0.410 e. The van der Waals surface area contributed by atoms with Gasteiger partial charge < -0.3 is 20.3 Å². The largest absolute Gasteiger partial charge is 0.444 e. The zero-order valence-electron chi connectivity index (χ0n) is 20.0. The van der Waals surface area contributed by atoms with Gasteiger partial charge in [-0.2, -0.15) is 0 Å². The topological polar surface area (TPSA) is 101 Å². The minimum atomic E-state index is -0.711. The molecule has 1 aliphatic heterocycles. The highest BCUT2D eigenvalue weighted by atomic mass is 32.1. The van der Waals surface area contributed by atoms with Gasteiger partial charge in [0.25, 0.3) is 5.91 Å². The summed E-state index contributed by atoms with van der Waals surface area (Å²) in [4.78, 5) is 45.2. The summed E-state index contributed by atoms with van der Waals surface area (Å²) in [5, 5.41) is 6.16. The Kier molecular flexibility index (Phi) is 7.41. The molecule has 1 aliphatic rings. The standard InChI is InChI=1S/C24H32N4O4S/c1-14(2)19(26-20(29)16-9-7-8-15(3)12-16)21(30)27-22-25-17-10-11-28(13-18(17)33-22)23(31)32-24(4,5)6/h7-9,12,14,19H,10-11,13H2,1-6H3,(H,26,29)(H,25,27,30). The number of carbonyl (C=O) groups excluding carboxylic acids is 3. The van der Waals surface area contributed by atoms with Gasteiger partial charge in [-0.25, -0.2) is 9.78 Å². The summed E-state index contributed by atoms with van der Waals surface area (Å²) < 4.78 is 5.46. The molecule has 1 unspecified atom stereocenters. The van der Waals surface area contributed by atoms with Crippen molar-refractivity contribution in [1.82, 2.24) is 15.2 Å². The summed E-state index contributed by atoms with van der Waals surface area (Å²) in [6.07, 6.45) is 0.240. The van der Waals surface area contributed by atoms with Crippen LogP contribution in [0.2, 0.25) is 0 Å².